The Morgan fingerprint density at radius 2 is 2.25 bits per heavy atom. The lowest BCUT2D eigenvalue weighted by Crippen LogP contribution is -2.31. The molecule has 5 nitrogen and oxygen atoms in total. The molecular formula is C14H24N4OS. The maximum atomic E-state index is 12.5. The molecule has 1 saturated carbocycles. The smallest absolute Gasteiger partial charge is 0.267 e. The van der Waals surface area contributed by atoms with Gasteiger partial charge in [0.25, 0.3) is 5.91 Å². The Labute approximate surface area is 124 Å². The number of aromatic nitrogens is 1. The van der Waals surface area contributed by atoms with E-state index in [-0.39, 0.29) is 5.91 Å². The van der Waals surface area contributed by atoms with Crippen molar-refractivity contribution in [2.75, 3.05) is 24.1 Å². The van der Waals surface area contributed by atoms with Crippen LogP contribution < -0.4 is 11.1 Å². The minimum absolute atomic E-state index is 0.0117. The summed E-state index contributed by atoms with van der Waals surface area (Å²) < 4.78 is 0. The van der Waals surface area contributed by atoms with Gasteiger partial charge in [0, 0.05) is 19.1 Å². The molecule has 2 rings (SSSR count). The lowest BCUT2D eigenvalue weighted by molar-refractivity contribution is 0.0768. The van der Waals surface area contributed by atoms with Crippen LogP contribution in [0.4, 0.5) is 10.9 Å². The molecule has 1 fully saturated rings. The Morgan fingerprint density at radius 3 is 2.80 bits per heavy atom. The third kappa shape index (κ3) is 3.42. The van der Waals surface area contributed by atoms with Crippen LogP contribution in [0.1, 0.15) is 55.6 Å². The van der Waals surface area contributed by atoms with Crippen molar-refractivity contribution in [3.63, 3.8) is 0 Å². The molecule has 1 aromatic heterocycles. The summed E-state index contributed by atoms with van der Waals surface area (Å²) in [6, 6.07) is 0.505. The number of thiazole rings is 1. The number of carbonyl (C=O) groups is 1. The van der Waals surface area contributed by atoms with E-state index in [1.807, 2.05) is 11.8 Å². The molecule has 0 bridgehead atoms. The number of rotatable bonds is 7. The third-order valence-corrected chi connectivity index (χ3v) is 4.72. The van der Waals surface area contributed by atoms with Gasteiger partial charge in [-0.2, -0.15) is 0 Å². The molecule has 1 amide bonds. The number of nitrogens with one attached hydrogen (secondary N) is 1. The van der Waals surface area contributed by atoms with Gasteiger partial charge in [0.15, 0.2) is 5.13 Å². The molecule has 0 radical (unpaired) electrons. The van der Waals surface area contributed by atoms with Crippen molar-refractivity contribution in [1.29, 1.82) is 0 Å². The van der Waals surface area contributed by atoms with E-state index >= 15 is 0 Å². The number of unbranched alkanes of at least 4 members (excludes halogenated alkanes) is 1. The van der Waals surface area contributed by atoms with Gasteiger partial charge in [-0.3, -0.25) is 4.79 Å². The van der Waals surface area contributed by atoms with Crippen molar-refractivity contribution in [2.24, 2.45) is 0 Å². The highest BCUT2D eigenvalue weighted by Gasteiger charge is 2.23. The molecule has 0 spiro atoms. The van der Waals surface area contributed by atoms with Gasteiger partial charge in [0.1, 0.15) is 10.7 Å². The van der Waals surface area contributed by atoms with Crippen LogP contribution in [0, 0.1) is 0 Å². The van der Waals surface area contributed by atoms with Crippen LogP contribution in [0.3, 0.4) is 0 Å². The van der Waals surface area contributed by atoms with Gasteiger partial charge in [-0.05, 0) is 32.6 Å². The first-order chi connectivity index (χ1) is 9.65. The van der Waals surface area contributed by atoms with E-state index in [0.29, 0.717) is 23.3 Å². The molecule has 0 atom stereocenters. The summed E-state index contributed by atoms with van der Waals surface area (Å²) in [4.78, 5) is 19.2. The first-order valence-corrected chi connectivity index (χ1v) is 8.29. The largest absolute Gasteiger partial charge is 0.382 e. The van der Waals surface area contributed by atoms with Gasteiger partial charge in [0.05, 0.1) is 0 Å². The molecule has 0 aromatic carbocycles. The van der Waals surface area contributed by atoms with Gasteiger partial charge < -0.3 is 16.0 Å². The van der Waals surface area contributed by atoms with Crippen LogP contribution in [0.5, 0.6) is 0 Å². The minimum atomic E-state index is 0.0117. The Bertz CT molecular complexity index is 456. The molecule has 1 aliphatic carbocycles. The fourth-order valence-corrected chi connectivity index (χ4v) is 3.10. The molecule has 3 N–H and O–H groups in total. The summed E-state index contributed by atoms with van der Waals surface area (Å²) in [5.41, 5.74) is 5.91. The van der Waals surface area contributed by atoms with Crippen molar-refractivity contribution in [1.82, 2.24) is 9.88 Å². The second-order valence-corrected chi connectivity index (χ2v) is 6.24. The van der Waals surface area contributed by atoms with E-state index in [0.717, 1.165) is 24.5 Å². The Morgan fingerprint density at radius 1 is 1.50 bits per heavy atom. The van der Waals surface area contributed by atoms with Crippen LogP contribution >= 0.6 is 11.3 Å². The fraction of sp³-hybridized carbons (Fsp3) is 0.714. The standard InChI is InChI=1S/C14H24N4OS/c1-3-5-9-18(4-2)13(19)11-12(15)17-14(20-11)16-10-7-6-8-10/h10H,3-9,15H2,1-2H3,(H,16,17). The SMILES string of the molecule is CCCCN(CC)C(=O)c1sc(NC2CCC2)nc1N. The van der Waals surface area contributed by atoms with Crippen LogP contribution in [-0.4, -0.2) is 34.9 Å². The first kappa shape index (κ1) is 15.1. The summed E-state index contributed by atoms with van der Waals surface area (Å²) in [7, 11) is 0. The monoisotopic (exact) mass is 296 g/mol. The molecule has 20 heavy (non-hydrogen) atoms. The average molecular weight is 296 g/mol. The van der Waals surface area contributed by atoms with E-state index in [1.165, 1.54) is 30.6 Å². The molecule has 1 aromatic rings. The zero-order chi connectivity index (χ0) is 14.5. The predicted octanol–water partition coefficient (Wildman–Crippen LogP) is 2.95. The van der Waals surface area contributed by atoms with Crippen LogP contribution in [0.25, 0.3) is 0 Å². The number of hydrogen-bond acceptors (Lipinski definition) is 5. The van der Waals surface area contributed by atoms with Gasteiger partial charge in [-0.15, -0.1) is 0 Å². The summed E-state index contributed by atoms with van der Waals surface area (Å²) in [6.07, 6.45) is 5.73. The first-order valence-electron chi connectivity index (χ1n) is 7.47. The van der Waals surface area contributed by atoms with Crippen LogP contribution in [-0.2, 0) is 0 Å². The Kier molecular flexibility index (Phi) is 5.23. The maximum absolute atomic E-state index is 12.5. The summed E-state index contributed by atoms with van der Waals surface area (Å²) in [6.45, 7) is 5.62. The molecule has 112 valence electrons. The van der Waals surface area contributed by atoms with Crippen LogP contribution in [0.2, 0.25) is 0 Å². The molecule has 0 unspecified atom stereocenters. The molecule has 6 heteroatoms. The van der Waals surface area contributed by atoms with Gasteiger partial charge in [-0.1, -0.05) is 24.7 Å². The zero-order valence-corrected chi connectivity index (χ0v) is 13.1. The second kappa shape index (κ2) is 6.92. The van der Waals surface area contributed by atoms with Crippen molar-refractivity contribution in [2.45, 2.75) is 52.0 Å². The molecule has 1 heterocycles. The highest BCUT2D eigenvalue weighted by Crippen LogP contribution is 2.30. The summed E-state index contributed by atoms with van der Waals surface area (Å²) in [5.74, 6) is 0.370. The van der Waals surface area contributed by atoms with Crippen molar-refractivity contribution >= 4 is 28.2 Å². The normalized spacial score (nSPS) is 14.9. The topological polar surface area (TPSA) is 71.2 Å². The molecule has 0 saturated heterocycles. The molecular weight excluding hydrogens is 272 g/mol. The molecule has 0 aliphatic heterocycles. The van der Waals surface area contributed by atoms with Gasteiger partial charge in [0.2, 0.25) is 0 Å². The Hall–Kier alpha value is -1.30. The fourth-order valence-electron chi connectivity index (χ4n) is 2.17. The number of nitrogens with two attached hydrogens (primary N) is 1. The van der Waals surface area contributed by atoms with Crippen molar-refractivity contribution in [3.8, 4) is 0 Å². The Balaban J connectivity index is 2.03. The average Bonchev–Trinajstić information content (AvgIpc) is 2.75. The van der Waals surface area contributed by atoms with E-state index in [1.54, 1.807) is 0 Å². The van der Waals surface area contributed by atoms with Crippen molar-refractivity contribution in [3.05, 3.63) is 4.88 Å². The van der Waals surface area contributed by atoms with E-state index in [2.05, 4.69) is 17.2 Å². The lowest BCUT2D eigenvalue weighted by atomic mass is 9.93. The number of amides is 1. The second-order valence-electron chi connectivity index (χ2n) is 5.24. The van der Waals surface area contributed by atoms with E-state index in [4.69, 9.17) is 5.73 Å². The van der Waals surface area contributed by atoms with E-state index < -0.39 is 0 Å². The number of anilines is 2. The number of hydrogen-bond donors (Lipinski definition) is 2. The van der Waals surface area contributed by atoms with Gasteiger partial charge >= 0.3 is 0 Å². The third-order valence-electron chi connectivity index (χ3n) is 3.73. The van der Waals surface area contributed by atoms with Crippen molar-refractivity contribution < 1.29 is 4.79 Å². The molecule has 1 aliphatic rings. The summed E-state index contributed by atoms with van der Waals surface area (Å²) in [5, 5.41) is 4.13. The minimum Gasteiger partial charge on any atom is -0.382 e. The zero-order valence-electron chi connectivity index (χ0n) is 12.3. The maximum Gasteiger partial charge on any atom is 0.267 e. The predicted molar refractivity (Wildman–Crippen MR) is 84.3 cm³/mol. The number of nitrogens with zero attached hydrogens (tertiary/aromatic N) is 2. The summed E-state index contributed by atoms with van der Waals surface area (Å²) >= 11 is 1.38. The lowest BCUT2D eigenvalue weighted by Gasteiger charge is -2.25. The number of nitrogen functional groups attached to an aromatic ring is 1. The van der Waals surface area contributed by atoms with Gasteiger partial charge in [-0.25, -0.2) is 4.98 Å². The number of carbonyl (C=O) groups excluding carboxylic acids is 1. The highest BCUT2D eigenvalue weighted by molar-refractivity contribution is 7.18. The quantitative estimate of drug-likeness (QED) is 0.811. The van der Waals surface area contributed by atoms with Crippen LogP contribution in [0.15, 0.2) is 0 Å². The van der Waals surface area contributed by atoms with E-state index in [9.17, 15) is 4.79 Å². The highest BCUT2D eigenvalue weighted by atomic mass is 32.1.